The first-order valence-electron chi connectivity index (χ1n) is 5.57. The molecule has 15 heavy (non-hydrogen) atoms. The molecule has 0 heterocycles. The molecular weight excluding hydrogens is 250 g/mol. The monoisotopic (exact) mass is 267 g/mol. The van der Waals surface area contributed by atoms with Crippen LogP contribution in [0.1, 0.15) is 33.1 Å². The molecule has 1 aliphatic rings. The van der Waals surface area contributed by atoms with Crippen LogP contribution in [0.4, 0.5) is 5.69 Å². The van der Waals surface area contributed by atoms with Crippen molar-refractivity contribution >= 4 is 21.6 Å². The first-order valence-corrected chi connectivity index (χ1v) is 6.37. The minimum atomic E-state index is 0.518. The van der Waals surface area contributed by atoms with E-state index in [9.17, 15) is 0 Å². The highest BCUT2D eigenvalue weighted by Gasteiger charge is 2.30. The zero-order valence-corrected chi connectivity index (χ0v) is 11.0. The van der Waals surface area contributed by atoms with Gasteiger partial charge in [-0.3, -0.25) is 0 Å². The van der Waals surface area contributed by atoms with Crippen LogP contribution in [0.3, 0.4) is 0 Å². The number of halogens is 1. The zero-order valence-electron chi connectivity index (χ0n) is 9.39. The maximum atomic E-state index is 3.61. The van der Waals surface area contributed by atoms with Gasteiger partial charge in [-0.05, 0) is 42.9 Å². The molecule has 0 aliphatic heterocycles. The summed E-state index contributed by atoms with van der Waals surface area (Å²) in [4.78, 5) is 0. The summed E-state index contributed by atoms with van der Waals surface area (Å²) < 4.78 is 1.14. The van der Waals surface area contributed by atoms with Crippen molar-refractivity contribution in [2.75, 3.05) is 5.32 Å². The van der Waals surface area contributed by atoms with Gasteiger partial charge in [0.1, 0.15) is 0 Å². The highest BCUT2D eigenvalue weighted by atomic mass is 79.9. The Hall–Kier alpha value is -0.500. The molecule has 1 aromatic carbocycles. The summed E-state index contributed by atoms with van der Waals surface area (Å²) in [6.45, 7) is 4.71. The Bertz CT molecular complexity index is 346. The maximum Gasteiger partial charge on any atom is 0.0353 e. The molecule has 1 aliphatic carbocycles. The maximum absolute atomic E-state index is 3.61. The van der Waals surface area contributed by atoms with E-state index in [1.165, 1.54) is 24.9 Å². The van der Waals surface area contributed by atoms with Crippen LogP contribution in [0.2, 0.25) is 0 Å². The third-order valence-corrected chi connectivity index (χ3v) is 3.66. The van der Waals surface area contributed by atoms with Gasteiger partial charge in [-0.2, -0.15) is 0 Å². The minimum absolute atomic E-state index is 0.518. The average molecular weight is 268 g/mol. The summed E-state index contributed by atoms with van der Waals surface area (Å²) in [7, 11) is 0. The lowest BCUT2D eigenvalue weighted by molar-refractivity contribution is 0.378. The van der Waals surface area contributed by atoms with Crippen LogP contribution in [-0.2, 0) is 0 Å². The molecule has 2 heteroatoms. The highest BCUT2D eigenvalue weighted by Crippen LogP contribution is 2.38. The molecule has 1 atom stereocenters. The zero-order chi connectivity index (χ0) is 10.9. The van der Waals surface area contributed by atoms with Gasteiger partial charge in [-0.1, -0.05) is 35.8 Å². The summed E-state index contributed by atoms with van der Waals surface area (Å²) in [5, 5.41) is 3.61. The lowest BCUT2D eigenvalue weighted by Crippen LogP contribution is -2.17. The SMILES string of the molecule is CC1(C)CCC(Nc2cccc(Br)c2)C1. The molecule has 0 amide bonds. The Balaban J connectivity index is 1.99. The van der Waals surface area contributed by atoms with Crippen molar-refractivity contribution in [1.29, 1.82) is 0 Å². The second kappa shape index (κ2) is 4.17. The van der Waals surface area contributed by atoms with Gasteiger partial charge < -0.3 is 5.32 Å². The quantitative estimate of drug-likeness (QED) is 0.836. The molecule has 1 saturated carbocycles. The molecule has 0 aromatic heterocycles. The van der Waals surface area contributed by atoms with Crippen molar-refractivity contribution in [1.82, 2.24) is 0 Å². The Morgan fingerprint density at radius 1 is 1.40 bits per heavy atom. The molecule has 1 nitrogen and oxygen atoms in total. The first-order chi connectivity index (χ1) is 7.05. The minimum Gasteiger partial charge on any atom is -0.382 e. The molecule has 1 N–H and O–H groups in total. The van der Waals surface area contributed by atoms with Gasteiger partial charge in [0, 0.05) is 16.2 Å². The third-order valence-electron chi connectivity index (χ3n) is 3.16. The second-order valence-electron chi connectivity index (χ2n) is 5.26. The highest BCUT2D eigenvalue weighted by molar-refractivity contribution is 9.10. The predicted octanol–water partition coefficient (Wildman–Crippen LogP) is 4.44. The molecule has 1 unspecified atom stereocenters. The number of benzene rings is 1. The van der Waals surface area contributed by atoms with Gasteiger partial charge in [0.05, 0.1) is 0 Å². The van der Waals surface area contributed by atoms with Crippen LogP contribution in [0, 0.1) is 5.41 Å². The molecule has 0 saturated heterocycles. The van der Waals surface area contributed by atoms with Crippen LogP contribution in [0.5, 0.6) is 0 Å². The van der Waals surface area contributed by atoms with Gasteiger partial charge in [0.15, 0.2) is 0 Å². The molecular formula is C13H18BrN. The van der Waals surface area contributed by atoms with Crippen molar-refractivity contribution in [3.05, 3.63) is 28.7 Å². The Kier molecular flexibility index (Phi) is 3.06. The van der Waals surface area contributed by atoms with Crippen molar-refractivity contribution in [3.63, 3.8) is 0 Å². The van der Waals surface area contributed by atoms with Crippen molar-refractivity contribution in [2.24, 2.45) is 5.41 Å². The van der Waals surface area contributed by atoms with Crippen molar-refractivity contribution in [2.45, 2.75) is 39.2 Å². The summed E-state index contributed by atoms with van der Waals surface area (Å²) in [6.07, 6.45) is 3.90. The van der Waals surface area contributed by atoms with E-state index in [4.69, 9.17) is 0 Å². The van der Waals surface area contributed by atoms with E-state index in [1.54, 1.807) is 0 Å². The molecule has 0 radical (unpaired) electrons. The topological polar surface area (TPSA) is 12.0 Å². The molecule has 0 spiro atoms. The fourth-order valence-electron chi connectivity index (χ4n) is 2.37. The number of rotatable bonds is 2. The van der Waals surface area contributed by atoms with E-state index in [1.807, 2.05) is 0 Å². The second-order valence-corrected chi connectivity index (χ2v) is 6.17. The summed E-state index contributed by atoms with van der Waals surface area (Å²) in [5.41, 5.74) is 1.75. The van der Waals surface area contributed by atoms with Gasteiger partial charge in [-0.25, -0.2) is 0 Å². The lowest BCUT2D eigenvalue weighted by atomic mass is 9.92. The smallest absolute Gasteiger partial charge is 0.0353 e. The van der Waals surface area contributed by atoms with Crippen molar-refractivity contribution < 1.29 is 0 Å². The van der Waals surface area contributed by atoms with Gasteiger partial charge in [-0.15, -0.1) is 0 Å². The van der Waals surface area contributed by atoms with E-state index < -0.39 is 0 Å². The van der Waals surface area contributed by atoms with E-state index in [0.29, 0.717) is 11.5 Å². The lowest BCUT2D eigenvalue weighted by Gasteiger charge is -2.18. The number of anilines is 1. The van der Waals surface area contributed by atoms with Crippen molar-refractivity contribution in [3.8, 4) is 0 Å². The Labute approximate surface area is 100 Å². The standard InChI is InChI=1S/C13H18BrN/c1-13(2)7-6-12(9-13)15-11-5-3-4-10(14)8-11/h3-5,8,12,15H,6-7,9H2,1-2H3. The molecule has 1 aromatic rings. The summed E-state index contributed by atoms with van der Waals surface area (Å²) in [5.74, 6) is 0. The number of hydrogen-bond acceptors (Lipinski definition) is 1. The first kappa shape index (κ1) is 11.0. The number of hydrogen-bond donors (Lipinski definition) is 1. The fourth-order valence-corrected chi connectivity index (χ4v) is 2.77. The van der Waals surface area contributed by atoms with Gasteiger partial charge in [0.2, 0.25) is 0 Å². The molecule has 0 bridgehead atoms. The van der Waals surface area contributed by atoms with Crippen LogP contribution in [0.15, 0.2) is 28.7 Å². The largest absolute Gasteiger partial charge is 0.382 e. The fraction of sp³-hybridized carbons (Fsp3) is 0.538. The van der Waals surface area contributed by atoms with E-state index >= 15 is 0 Å². The van der Waals surface area contributed by atoms with E-state index in [0.717, 1.165) is 4.47 Å². The summed E-state index contributed by atoms with van der Waals surface area (Å²) >= 11 is 3.49. The van der Waals surface area contributed by atoms with Gasteiger partial charge in [0.25, 0.3) is 0 Å². The predicted molar refractivity (Wildman–Crippen MR) is 69.2 cm³/mol. The molecule has 1 fully saturated rings. The average Bonchev–Trinajstić information content (AvgIpc) is 2.45. The Morgan fingerprint density at radius 2 is 2.20 bits per heavy atom. The molecule has 82 valence electrons. The number of nitrogens with one attached hydrogen (secondary N) is 1. The van der Waals surface area contributed by atoms with E-state index in [2.05, 4.69) is 59.4 Å². The summed E-state index contributed by atoms with van der Waals surface area (Å²) in [6, 6.07) is 9.06. The molecule has 2 rings (SSSR count). The van der Waals surface area contributed by atoms with E-state index in [-0.39, 0.29) is 0 Å². The normalized spacial score (nSPS) is 24.1. The van der Waals surface area contributed by atoms with Crippen LogP contribution >= 0.6 is 15.9 Å². The van der Waals surface area contributed by atoms with Crippen LogP contribution in [0.25, 0.3) is 0 Å². The van der Waals surface area contributed by atoms with Crippen LogP contribution < -0.4 is 5.32 Å². The Morgan fingerprint density at radius 3 is 2.80 bits per heavy atom. The van der Waals surface area contributed by atoms with Gasteiger partial charge >= 0.3 is 0 Å². The third kappa shape index (κ3) is 2.97. The van der Waals surface area contributed by atoms with Crippen LogP contribution in [-0.4, -0.2) is 6.04 Å².